The van der Waals surface area contributed by atoms with Crippen LogP contribution in [0.4, 0.5) is 5.69 Å². The SMILES string of the molecule is CC(O)(Nc1ccccc1)C(=O)CCl. The molecule has 0 saturated heterocycles. The summed E-state index contributed by atoms with van der Waals surface area (Å²) < 4.78 is 0. The highest BCUT2D eigenvalue weighted by molar-refractivity contribution is 6.28. The zero-order valence-electron chi connectivity index (χ0n) is 7.83. The van der Waals surface area contributed by atoms with Crippen LogP contribution in [0.15, 0.2) is 30.3 Å². The Morgan fingerprint density at radius 2 is 2.07 bits per heavy atom. The summed E-state index contributed by atoms with van der Waals surface area (Å²) >= 11 is 5.35. The van der Waals surface area contributed by atoms with E-state index >= 15 is 0 Å². The quantitative estimate of drug-likeness (QED) is 0.590. The van der Waals surface area contributed by atoms with Crippen molar-refractivity contribution in [2.45, 2.75) is 12.6 Å². The third-order valence-corrected chi connectivity index (χ3v) is 2.07. The second kappa shape index (κ2) is 4.44. The van der Waals surface area contributed by atoms with E-state index in [1.165, 1.54) is 6.92 Å². The molecule has 1 atom stereocenters. The molecule has 0 aliphatic heterocycles. The van der Waals surface area contributed by atoms with Crippen LogP contribution in [0.2, 0.25) is 0 Å². The van der Waals surface area contributed by atoms with E-state index in [1.807, 2.05) is 18.2 Å². The largest absolute Gasteiger partial charge is 0.365 e. The highest BCUT2D eigenvalue weighted by atomic mass is 35.5. The first kappa shape index (κ1) is 11.0. The number of alkyl halides is 1. The molecule has 76 valence electrons. The number of aliphatic hydroxyl groups is 1. The van der Waals surface area contributed by atoms with Crippen molar-refractivity contribution in [1.82, 2.24) is 0 Å². The summed E-state index contributed by atoms with van der Waals surface area (Å²) in [6.07, 6.45) is 0. The van der Waals surface area contributed by atoms with Gasteiger partial charge in [0.05, 0.1) is 5.88 Å². The maximum absolute atomic E-state index is 11.2. The summed E-state index contributed by atoms with van der Waals surface area (Å²) in [6.45, 7) is 1.38. The summed E-state index contributed by atoms with van der Waals surface area (Å²) in [6, 6.07) is 8.99. The second-order valence-corrected chi connectivity index (χ2v) is 3.39. The predicted octanol–water partition coefficient (Wildman–Crippen LogP) is 1.61. The Kier molecular flexibility index (Phi) is 3.49. The van der Waals surface area contributed by atoms with Crippen molar-refractivity contribution in [3.8, 4) is 0 Å². The van der Waals surface area contributed by atoms with Crippen LogP contribution in [0, 0.1) is 0 Å². The van der Waals surface area contributed by atoms with Crippen LogP contribution in [-0.4, -0.2) is 22.5 Å². The Morgan fingerprint density at radius 1 is 1.50 bits per heavy atom. The molecule has 2 N–H and O–H groups in total. The third-order valence-electron chi connectivity index (χ3n) is 1.83. The minimum absolute atomic E-state index is 0.215. The number of para-hydroxylation sites is 1. The van der Waals surface area contributed by atoms with Gasteiger partial charge in [-0.25, -0.2) is 0 Å². The highest BCUT2D eigenvalue weighted by Gasteiger charge is 2.28. The van der Waals surface area contributed by atoms with Crippen LogP contribution in [-0.2, 0) is 4.79 Å². The van der Waals surface area contributed by atoms with Gasteiger partial charge in [0, 0.05) is 5.69 Å². The summed E-state index contributed by atoms with van der Waals surface area (Å²) in [5.41, 5.74) is -0.931. The number of nitrogens with one attached hydrogen (secondary N) is 1. The standard InChI is InChI=1S/C10H12ClNO2/c1-10(14,9(13)7-11)12-8-5-3-2-4-6-8/h2-6,12,14H,7H2,1H3. The van der Waals surface area contributed by atoms with Gasteiger partial charge in [0.15, 0.2) is 11.5 Å². The van der Waals surface area contributed by atoms with Gasteiger partial charge in [-0.1, -0.05) is 18.2 Å². The Balaban J connectivity index is 2.73. The third kappa shape index (κ3) is 2.72. The fraction of sp³-hybridized carbons (Fsp3) is 0.300. The fourth-order valence-corrected chi connectivity index (χ4v) is 1.26. The van der Waals surface area contributed by atoms with Crippen molar-refractivity contribution in [2.24, 2.45) is 0 Å². The molecule has 0 bridgehead atoms. The van der Waals surface area contributed by atoms with Crippen LogP contribution >= 0.6 is 11.6 Å². The monoisotopic (exact) mass is 213 g/mol. The van der Waals surface area contributed by atoms with Crippen LogP contribution in [0.3, 0.4) is 0 Å². The molecule has 1 unspecified atom stereocenters. The molecule has 0 saturated carbocycles. The van der Waals surface area contributed by atoms with Gasteiger partial charge in [0.1, 0.15) is 0 Å². The number of rotatable bonds is 4. The maximum atomic E-state index is 11.2. The average molecular weight is 214 g/mol. The molecule has 1 aromatic carbocycles. The molecule has 0 spiro atoms. The van der Waals surface area contributed by atoms with E-state index in [0.29, 0.717) is 5.69 Å². The van der Waals surface area contributed by atoms with Crippen molar-refractivity contribution in [2.75, 3.05) is 11.2 Å². The number of benzene rings is 1. The maximum Gasteiger partial charge on any atom is 0.199 e. The van der Waals surface area contributed by atoms with Crippen LogP contribution < -0.4 is 5.32 Å². The molecule has 1 rings (SSSR count). The summed E-state index contributed by atoms with van der Waals surface area (Å²) in [4.78, 5) is 11.2. The fourth-order valence-electron chi connectivity index (χ4n) is 1.00. The zero-order chi connectivity index (χ0) is 10.6. The van der Waals surface area contributed by atoms with Gasteiger partial charge in [0.2, 0.25) is 0 Å². The van der Waals surface area contributed by atoms with Gasteiger partial charge in [0.25, 0.3) is 0 Å². The molecule has 14 heavy (non-hydrogen) atoms. The zero-order valence-corrected chi connectivity index (χ0v) is 8.58. The molecule has 1 aromatic rings. The van der Waals surface area contributed by atoms with Crippen LogP contribution in [0.1, 0.15) is 6.92 Å². The molecule has 0 amide bonds. The molecule has 0 aromatic heterocycles. The number of ketones is 1. The first-order valence-corrected chi connectivity index (χ1v) is 4.74. The highest BCUT2D eigenvalue weighted by Crippen LogP contribution is 2.13. The Hall–Kier alpha value is -1.06. The number of carbonyl (C=O) groups is 1. The molecule has 0 radical (unpaired) electrons. The van der Waals surface area contributed by atoms with Crippen LogP contribution in [0.5, 0.6) is 0 Å². The van der Waals surface area contributed by atoms with E-state index in [0.717, 1.165) is 0 Å². The van der Waals surface area contributed by atoms with Gasteiger partial charge in [-0.2, -0.15) is 0 Å². The molecule has 0 fully saturated rings. The van der Waals surface area contributed by atoms with E-state index in [9.17, 15) is 9.90 Å². The minimum Gasteiger partial charge on any atom is -0.365 e. The number of Topliss-reactive ketones (excluding diaryl/α,β-unsaturated/α-hetero) is 1. The predicted molar refractivity (Wildman–Crippen MR) is 56.4 cm³/mol. The van der Waals surface area contributed by atoms with Crippen molar-refractivity contribution >= 4 is 23.1 Å². The number of hydrogen-bond donors (Lipinski definition) is 2. The normalized spacial score (nSPS) is 14.5. The van der Waals surface area contributed by atoms with Gasteiger partial charge >= 0.3 is 0 Å². The number of hydrogen-bond acceptors (Lipinski definition) is 3. The minimum atomic E-state index is -1.61. The molecule has 4 heteroatoms. The number of anilines is 1. The van der Waals surface area contributed by atoms with Gasteiger partial charge in [-0.3, -0.25) is 4.79 Å². The summed E-state index contributed by atoms with van der Waals surface area (Å²) in [5.74, 6) is -0.671. The van der Waals surface area contributed by atoms with Crippen molar-refractivity contribution in [1.29, 1.82) is 0 Å². The van der Waals surface area contributed by atoms with Crippen molar-refractivity contribution in [3.63, 3.8) is 0 Å². The number of halogens is 1. The second-order valence-electron chi connectivity index (χ2n) is 3.12. The van der Waals surface area contributed by atoms with Crippen LogP contribution in [0.25, 0.3) is 0 Å². The Bertz CT molecular complexity index is 311. The lowest BCUT2D eigenvalue weighted by Gasteiger charge is -2.23. The lowest BCUT2D eigenvalue weighted by atomic mass is 10.1. The molecular formula is C10H12ClNO2. The first-order valence-electron chi connectivity index (χ1n) is 4.21. The van der Waals surface area contributed by atoms with Crippen molar-refractivity contribution < 1.29 is 9.90 Å². The number of carbonyl (C=O) groups excluding carboxylic acids is 1. The Labute approximate surface area is 87.7 Å². The topological polar surface area (TPSA) is 49.3 Å². The summed E-state index contributed by atoms with van der Waals surface area (Å²) in [7, 11) is 0. The summed E-state index contributed by atoms with van der Waals surface area (Å²) in [5, 5.41) is 12.4. The van der Waals surface area contributed by atoms with E-state index in [4.69, 9.17) is 11.6 Å². The van der Waals surface area contributed by atoms with E-state index in [1.54, 1.807) is 12.1 Å². The van der Waals surface area contributed by atoms with E-state index < -0.39 is 11.5 Å². The van der Waals surface area contributed by atoms with Gasteiger partial charge in [-0.05, 0) is 19.1 Å². The lowest BCUT2D eigenvalue weighted by Crippen LogP contribution is -2.44. The molecule has 0 aliphatic rings. The van der Waals surface area contributed by atoms with Crippen molar-refractivity contribution in [3.05, 3.63) is 30.3 Å². The molecule has 0 aliphatic carbocycles. The molecular weight excluding hydrogens is 202 g/mol. The molecule has 3 nitrogen and oxygen atoms in total. The van der Waals surface area contributed by atoms with E-state index in [-0.39, 0.29) is 5.88 Å². The smallest absolute Gasteiger partial charge is 0.199 e. The van der Waals surface area contributed by atoms with Gasteiger partial charge in [-0.15, -0.1) is 11.6 Å². The Morgan fingerprint density at radius 3 is 2.57 bits per heavy atom. The van der Waals surface area contributed by atoms with Gasteiger partial charge < -0.3 is 10.4 Å². The average Bonchev–Trinajstić information content (AvgIpc) is 2.17. The lowest BCUT2D eigenvalue weighted by molar-refractivity contribution is -0.130. The first-order chi connectivity index (χ1) is 6.56. The van der Waals surface area contributed by atoms with E-state index in [2.05, 4.69) is 5.32 Å². The molecule has 0 heterocycles.